The molecule has 0 atom stereocenters. The summed E-state index contributed by atoms with van der Waals surface area (Å²) < 4.78 is 8.84. The second-order valence-corrected chi connectivity index (χ2v) is 1.40. The van der Waals surface area contributed by atoms with Gasteiger partial charge in [-0.1, -0.05) is 0 Å². The number of carbonyl (C=O) groups excluding carboxylic acids is 1. The minimum Gasteiger partial charge on any atom is -0.450 e. The Bertz CT molecular complexity index is 120. The van der Waals surface area contributed by atoms with E-state index in [0.717, 1.165) is 0 Å². The van der Waals surface area contributed by atoms with Crippen molar-refractivity contribution < 1.29 is 29.3 Å². The molecule has 0 radical (unpaired) electrons. The van der Waals surface area contributed by atoms with Gasteiger partial charge in [-0.25, -0.2) is 9.59 Å². The molecule has 0 aliphatic rings. The largest absolute Gasteiger partial charge is 0.508 e. The van der Waals surface area contributed by atoms with E-state index in [1.165, 1.54) is 0 Å². The van der Waals surface area contributed by atoms with Gasteiger partial charge >= 0.3 is 12.3 Å². The quantitative estimate of drug-likeness (QED) is 0.624. The summed E-state index contributed by atoms with van der Waals surface area (Å²) in [6.07, 6.45) is -2.42. The van der Waals surface area contributed by atoms with Crippen LogP contribution in [0.25, 0.3) is 0 Å². The lowest BCUT2D eigenvalue weighted by Gasteiger charge is -1.98. The van der Waals surface area contributed by atoms with Crippen LogP contribution in [-0.2, 0) is 9.47 Å². The molecule has 12 heavy (non-hydrogen) atoms. The molecular formula is C6H12O6. The van der Waals surface area contributed by atoms with Crippen molar-refractivity contribution >= 4 is 12.3 Å². The summed E-state index contributed by atoms with van der Waals surface area (Å²) >= 11 is 0. The fraction of sp³-hybridized carbons (Fsp3) is 0.667. The van der Waals surface area contributed by atoms with E-state index in [2.05, 4.69) is 9.47 Å². The minimum absolute atomic E-state index is 0.374. The molecular weight excluding hydrogens is 168 g/mol. The zero-order valence-corrected chi connectivity index (χ0v) is 6.94. The summed E-state index contributed by atoms with van der Waals surface area (Å²) in [5.74, 6) is 0. The standard InChI is InChI=1S/C5H10O3.CH2O3/c1-3-7-5(6)8-4-2;2-1(3)4/h3-4H2,1-2H3;(H2,2,3,4). The second-order valence-electron chi connectivity index (χ2n) is 1.40. The number of rotatable bonds is 2. The average molecular weight is 180 g/mol. The van der Waals surface area contributed by atoms with Crippen LogP contribution in [0.1, 0.15) is 13.8 Å². The molecule has 0 aliphatic carbocycles. The second kappa shape index (κ2) is 9.54. The Kier molecular flexibility index (Phi) is 10.5. The molecule has 0 amide bonds. The molecule has 6 heteroatoms. The van der Waals surface area contributed by atoms with Crippen molar-refractivity contribution in [1.82, 2.24) is 0 Å². The van der Waals surface area contributed by atoms with Crippen molar-refractivity contribution in [3.05, 3.63) is 0 Å². The Balaban J connectivity index is 0. The maximum atomic E-state index is 10.2. The van der Waals surface area contributed by atoms with Crippen molar-refractivity contribution in [2.75, 3.05) is 13.2 Å². The van der Waals surface area contributed by atoms with Crippen LogP contribution in [0.3, 0.4) is 0 Å². The van der Waals surface area contributed by atoms with Crippen molar-refractivity contribution in [3.63, 3.8) is 0 Å². The highest BCUT2D eigenvalue weighted by molar-refractivity contribution is 5.59. The first-order chi connectivity index (χ1) is 5.54. The average Bonchev–Trinajstić information content (AvgIpc) is 1.87. The van der Waals surface area contributed by atoms with E-state index < -0.39 is 12.3 Å². The van der Waals surface area contributed by atoms with Crippen LogP contribution in [0.4, 0.5) is 9.59 Å². The number of hydrogen-bond donors (Lipinski definition) is 2. The molecule has 0 aromatic heterocycles. The molecule has 0 unspecified atom stereocenters. The van der Waals surface area contributed by atoms with Crippen LogP contribution in [0.2, 0.25) is 0 Å². The lowest BCUT2D eigenvalue weighted by atomic mass is 10.8. The Morgan fingerprint density at radius 1 is 1.08 bits per heavy atom. The molecule has 0 rings (SSSR count). The first-order valence-electron chi connectivity index (χ1n) is 3.26. The molecule has 0 spiro atoms. The Morgan fingerprint density at radius 3 is 1.50 bits per heavy atom. The predicted molar refractivity (Wildman–Crippen MR) is 39.3 cm³/mol. The summed E-state index contributed by atoms with van der Waals surface area (Å²) in [5.41, 5.74) is 0. The summed E-state index contributed by atoms with van der Waals surface area (Å²) in [5, 5.41) is 13.9. The van der Waals surface area contributed by atoms with E-state index in [-0.39, 0.29) is 0 Å². The van der Waals surface area contributed by atoms with Crippen molar-refractivity contribution in [3.8, 4) is 0 Å². The van der Waals surface area contributed by atoms with Crippen LogP contribution < -0.4 is 0 Å². The molecule has 0 aromatic carbocycles. The summed E-state index contributed by atoms with van der Waals surface area (Å²) in [7, 11) is 0. The molecule has 0 bridgehead atoms. The zero-order valence-electron chi connectivity index (χ0n) is 6.94. The topological polar surface area (TPSA) is 93.1 Å². The molecule has 0 saturated carbocycles. The first kappa shape index (κ1) is 13.2. The lowest BCUT2D eigenvalue weighted by Crippen LogP contribution is -2.05. The third-order valence-corrected chi connectivity index (χ3v) is 0.524. The maximum absolute atomic E-state index is 10.2. The van der Waals surface area contributed by atoms with Gasteiger partial charge in [-0.15, -0.1) is 0 Å². The minimum atomic E-state index is -1.83. The number of hydrogen-bond acceptors (Lipinski definition) is 4. The molecule has 2 N–H and O–H groups in total. The first-order valence-corrected chi connectivity index (χ1v) is 3.26. The molecule has 0 aliphatic heterocycles. The van der Waals surface area contributed by atoms with Crippen LogP contribution in [0.15, 0.2) is 0 Å². The van der Waals surface area contributed by atoms with E-state index in [1.807, 2.05) is 0 Å². The number of carboxylic acid groups (broad SMARTS) is 2. The third kappa shape index (κ3) is 23.6. The molecule has 6 nitrogen and oxygen atoms in total. The van der Waals surface area contributed by atoms with Gasteiger partial charge in [-0.2, -0.15) is 0 Å². The molecule has 0 heterocycles. The summed E-state index contributed by atoms with van der Waals surface area (Å²) in [6, 6.07) is 0. The van der Waals surface area contributed by atoms with Crippen molar-refractivity contribution in [2.24, 2.45) is 0 Å². The van der Waals surface area contributed by atoms with Gasteiger partial charge in [0.05, 0.1) is 13.2 Å². The van der Waals surface area contributed by atoms with E-state index in [0.29, 0.717) is 13.2 Å². The van der Waals surface area contributed by atoms with Gasteiger partial charge in [0.15, 0.2) is 0 Å². The number of ether oxygens (including phenoxy) is 2. The van der Waals surface area contributed by atoms with Crippen molar-refractivity contribution in [1.29, 1.82) is 0 Å². The van der Waals surface area contributed by atoms with Crippen LogP contribution in [0.5, 0.6) is 0 Å². The summed E-state index contributed by atoms with van der Waals surface area (Å²) in [6.45, 7) is 4.21. The van der Waals surface area contributed by atoms with E-state index >= 15 is 0 Å². The summed E-state index contributed by atoms with van der Waals surface area (Å²) in [4.78, 5) is 18.8. The predicted octanol–water partition coefficient (Wildman–Crippen LogP) is 1.40. The van der Waals surface area contributed by atoms with E-state index in [1.54, 1.807) is 13.8 Å². The van der Waals surface area contributed by atoms with Gasteiger partial charge in [0.2, 0.25) is 0 Å². The van der Waals surface area contributed by atoms with Crippen LogP contribution >= 0.6 is 0 Å². The molecule has 0 fully saturated rings. The normalized spacial score (nSPS) is 7.50. The van der Waals surface area contributed by atoms with E-state index in [9.17, 15) is 4.79 Å². The molecule has 72 valence electrons. The van der Waals surface area contributed by atoms with Crippen molar-refractivity contribution in [2.45, 2.75) is 13.8 Å². The van der Waals surface area contributed by atoms with E-state index in [4.69, 9.17) is 15.0 Å². The fourth-order valence-electron chi connectivity index (χ4n) is 0.277. The highest BCUT2D eigenvalue weighted by Gasteiger charge is 1.96. The van der Waals surface area contributed by atoms with Crippen LogP contribution in [-0.4, -0.2) is 35.7 Å². The lowest BCUT2D eigenvalue weighted by molar-refractivity contribution is 0.0630. The van der Waals surface area contributed by atoms with Gasteiger partial charge in [-0.3, -0.25) is 0 Å². The Hall–Kier alpha value is -1.46. The molecule has 0 aromatic rings. The van der Waals surface area contributed by atoms with Gasteiger partial charge in [0.25, 0.3) is 0 Å². The van der Waals surface area contributed by atoms with Gasteiger partial charge in [0.1, 0.15) is 0 Å². The Morgan fingerprint density at radius 2 is 1.33 bits per heavy atom. The highest BCUT2D eigenvalue weighted by Crippen LogP contribution is 1.81. The molecule has 0 saturated heterocycles. The monoisotopic (exact) mass is 180 g/mol. The highest BCUT2D eigenvalue weighted by atomic mass is 16.7. The van der Waals surface area contributed by atoms with Gasteiger partial charge < -0.3 is 19.7 Å². The maximum Gasteiger partial charge on any atom is 0.508 e. The smallest absolute Gasteiger partial charge is 0.450 e. The Labute approximate surface area is 69.7 Å². The van der Waals surface area contributed by atoms with Gasteiger partial charge in [-0.05, 0) is 13.8 Å². The van der Waals surface area contributed by atoms with Gasteiger partial charge in [0, 0.05) is 0 Å². The van der Waals surface area contributed by atoms with Crippen LogP contribution in [0, 0.1) is 0 Å². The number of carbonyl (C=O) groups is 2. The zero-order chi connectivity index (χ0) is 9.98. The third-order valence-electron chi connectivity index (χ3n) is 0.524. The fourth-order valence-corrected chi connectivity index (χ4v) is 0.277. The SMILES string of the molecule is CCOC(=O)OCC.O=C(O)O.